The number of halogens is 6. The van der Waals surface area contributed by atoms with E-state index in [9.17, 15) is 34.8 Å². The van der Waals surface area contributed by atoms with Crippen molar-refractivity contribution in [3.63, 3.8) is 0 Å². The van der Waals surface area contributed by atoms with Gasteiger partial charge in [0.15, 0.2) is 5.41 Å². The second-order valence-electron chi connectivity index (χ2n) is 7.04. The topological polar surface area (TPSA) is 53.5 Å². The Morgan fingerprint density at radius 1 is 0.964 bits per heavy atom. The first kappa shape index (κ1) is 21.2. The van der Waals surface area contributed by atoms with E-state index in [1.807, 2.05) is 0 Å². The molecule has 158 valence electrons. The standard InChI is InChI=1S/C16H19F6N3O2S/c17-15(18,19)14(16(20,21)22)6-10-24(11-14)13-12(5-4-7-23-13)28(26,27)25-8-2-1-3-9-25/h4-5,7H,1-3,6,8-11H2. The largest absolute Gasteiger partial charge is 0.404 e. The maximum Gasteiger partial charge on any atom is 0.404 e. The maximum atomic E-state index is 13.3. The molecule has 28 heavy (non-hydrogen) atoms. The summed E-state index contributed by atoms with van der Waals surface area (Å²) in [4.78, 5) is 4.25. The first-order chi connectivity index (χ1) is 12.9. The third-order valence-corrected chi connectivity index (χ3v) is 7.26. The monoisotopic (exact) mass is 431 g/mol. The molecule has 0 unspecified atom stereocenters. The number of sulfonamides is 1. The van der Waals surface area contributed by atoms with Crippen LogP contribution in [0.5, 0.6) is 0 Å². The third kappa shape index (κ3) is 3.44. The number of pyridine rings is 1. The van der Waals surface area contributed by atoms with Gasteiger partial charge in [0.05, 0.1) is 0 Å². The zero-order valence-electron chi connectivity index (χ0n) is 14.7. The predicted molar refractivity (Wildman–Crippen MR) is 88.2 cm³/mol. The molecule has 0 bridgehead atoms. The molecule has 0 saturated carbocycles. The second kappa shape index (κ2) is 7.05. The van der Waals surface area contributed by atoms with Crippen LogP contribution >= 0.6 is 0 Å². The molecule has 3 rings (SSSR count). The first-order valence-corrected chi connectivity index (χ1v) is 10.2. The number of rotatable bonds is 3. The van der Waals surface area contributed by atoms with Crippen LogP contribution in [0.3, 0.4) is 0 Å². The lowest BCUT2D eigenvalue weighted by molar-refractivity contribution is -0.332. The average Bonchev–Trinajstić information content (AvgIpc) is 3.09. The van der Waals surface area contributed by atoms with Gasteiger partial charge in [-0.25, -0.2) is 13.4 Å². The molecule has 0 N–H and O–H groups in total. The number of piperidine rings is 1. The van der Waals surface area contributed by atoms with Gasteiger partial charge in [0, 0.05) is 32.4 Å². The number of hydrogen-bond acceptors (Lipinski definition) is 4. The highest BCUT2D eigenvalue weighted by molar-refractivity contribution is 7.89. The van der Waals surface area contributed by atoms with Crippen molar-refractivity contribution < 1.29 is 34.8 Å². The van der Waals surface area contributed by atoms with E-state index in [-0.39, 0.29) is 23.8 Å². The summed E-state index contributed by atoms with van der Waals surface area (Å²) in [6.07, 6.45) is -8.93. The molecule has 0 aliphatic carbocycles. The summed E-state index contributed by atoms with van der Waals surface area (Å²) in [7, 11) is -4.07. The highest BCUT2D eigenvalue weighted by Crippen LogP contribution is 2.56. The Kier molecular flexibility index (Phi) is 5.32. The molecular weight excluding hydrogens is 412 g/mol. The summed E-state index contributed by atoms with van der Waals surface area (Å²) < 4.78 is 107. The van der Waals surface area contributed by atoms with Crippen LogP contribution in [0, 0.1) is 5.41 Å². The van der Waals surface area contributed by atoms with Crippen molar-refractivity contribution in [2.45, 2.75) is 42.9 Å². The Morgan fingerprint density at radius 3 is 2.11 bits per heavy atom. The van der Waals surface area contributed by atoms with Gasteiger partial charge in [-0.2, -0.15) is 30.6 Å². The SMILES string of the molecule is O=S(=O)(c1cccnc1N1CCC(C(F)(F)F)(C(F)(F)F)C1)N1CCCCC1. The van der Waals surface area contributed by atoms with E-state index in [0.717, 1.165) is 17.5 Å². The zero-order valence-corrected chi connectivity index (χ0v) is 15.5. The molecule has 2 aliphatic heterocycles. The van der Waals surface area contributed by atoms with Crippen molar-refractivity contribution >= 4 is 15.8 Å². The van der Waals surface area contributed by atoms with Crippen LogP contribution in [-0.4, -0.2) is 56.2 Å². The summed E-state index contributed by atoms with van der Waals surface area (Å²) in [5.74, 6) is -0.372. The van der Waals surface area contributed by atoms with Crippen LogP contribution in [0.2, 0.25) is 0 Å². The van der Waals surface area contributed by atoms with Crippen molar-refractivity contribution in [1.29, 1.82) is 0 Å². The van der Waals surface area contributed by atoms with Crippen molar-refractivity contribution in [1.82, 2.24) is 9.29 Å². The molecule has 5 nitrogen and oxygen atoms in total. The van der Waals surface area contributed by atoms with Crippen molar-refractivity contribution in [2.24, 2.45) is 5.41 Å². The molecule has 2 saturated heterocycles. The Balaban J connectivity index is 1.98. The minimum absolute atomic E-state index is 0.256. The number of hydrogen-bond donors (Lipinski definition) is 0. The van der Waals surface area contributed by atoms with E-state index in [0.29, 0.717) is 12.8 Å². The summed E-state index contributed by atoms with van der Waals surface area (Å²) in [5, 5.41) is 0. The Morgan fingerprint density at radius 2 is 1.57 bits per heavy atom. The van der Waals surface area contributed by atoms with Gasteiger partial charge in [0.1, 0.15) is 10.7 Å². The summed E-state index contributed by atoms with van der Waals surface area (Å²) in [6.45, 7) is -1.50. The fourth-order valence-electron chi connectivity index (χ4n) is 3.68. The maximum absolute atomic E-state index is 13.3. The van der Waals surface area contributed by atoms with E-state index >= 15 is 0 Å². The van der Waals surface area contributed by atoms with E-state index in [4.69, 9.17) is 0 Å². The molecule has 0 spiro atoms. The summed E-state index contributed by atoms with van der Waals surface area (Å²) >= 11 is 0. The van der Waals surface area contributed by atoms with Crippen LogP contribution in [-0.2, 0) is 10.0 Å². The highest BCUT2D eigenvalue weighted by Gasteiger charge is 2.72. The van der Waals surface area contributed by atoms with Gasteiger partial charge in [-0.05, 0) is 31.4 Å². The second-order valence-corrected chi connectivity index (χ2v) is 8.95. The van der Waals surface area contributed by atoms with Crippen LogP contribution in [0.1, 0.15) is 25.7 Å². The quantitative estimate of drug-likeness (QED) is 0.687. The minimum atomic E-state index is -5.51. The predicted octanol–water partition coefficient (Wildman–Crippen LogP) is 3.58. The van der Waals surface area contributed by atoms with E-state index in [1.54, 1.807) is 0 Å². The molecule has 2 aliphatic rings. The molecule has 1 aromatic rings. The lowest BCUT2D eigenvalue weighted by Gasteiger charge is -2.34. The fourth-order valence-corrected chi connectivity index (χ4v) is 5.36. The van der Waals surface area contributed by atoms with E-state index in [2.05, 4.69) is 4.98 Å². The van der Waals surface area contributed by atoms with Gasteiger partial charge in [0.25, 0.3) is 0 Å². The lowest BCUT2D eigenvalue weighted by Crippen LogP contribution is -2.52. The number of alkyl halides is 6. The van der Waals surface area contributed by atoms with Gasteiger partial charge >= 0.3 is 12.4 Å². The number of nitrogens with zero attached hydrogens (tertiary/aromatic N) is 3. The van der Waals surface area contributed by atoms with Gasteiger partial charge in [-0.1, -0.05) is 6.42 Å². The Labute approximate surface area is 158 Å². The van der Waals surface area contributed by atoms with Crippen LogP contribution in [0.25, 0.3) is 0 Å². The molecule has 1 aromatic heterocycles. The number of aromatic nitrogens is 1. The van der Waals surface area contributed by atoms with Gasteiger partial charge < -0.3 is 4.90 Å². The molecule has 0 amide bonds. The average molecular weight is 431 g/mol. The van der Waals surface area contributed by atoms with Gasteiger partial charge in [-0.3, -0.25) is 0 Å². The van der Waals surface area contributed by atoms with Crippen molar-refractivity contribution in [2.75, 3.05) is 31.1 Å². The molecule has 0 radical (unpaired) electrons. The zero-order chi connectivity index (χ0) is 20.8. The van der Waals surface area contributed by atoms with E-state index < -0.39 is 47.3 Å². The van der Waals surface area contributed by atoms with Crippen molar-refractivity contribution in [3.05, 3.63) is 18.3 Å². The molecule has 2 fully saturated rings. The third-order valence-electron chi connectivity index (χ3n) is 5.34. The van der Waals surface area contributed by atoms with Crippen LogP contribution in [0.4, 0.5) is 32.2 Å². The lowest BCUT2D eigenvalue weighted by atomic mass is 9.85. The van der Waals surface area contributed by atoms with E-state index in [1.165, 1.54) is 16.4 Å². The van der Waals surface area contributed by atoms with Crippen molar-refractivity contribution in [3.8, 4) is 0 Å². The minimum Gasteiger partial charge on any atom is -0.354 e. The molecular formula is C16H19F6N3O2S. The summed E-state index contributed by atoms with van der Waals surface area (Å²) in [5.41, 5.74) is -3.91. The smallest absolute Gasteiger partial charge is 0.354 e. The molecule has 3 heterocycles. The Hall–Kier alpha value is -1.56. The van der Waals surface area contributed by atoms with Gasteiger partial charge in [-0.15, -0.1) is 0 Å². The highest BCUT2D eigenvalue weighted by atomic mass is 32.2. The molecule has 0 aromatic carbocycles. The van der Waals surface area contributed by atoms with Crippen LogP contribution in [0.15, 0.2) is 23.2 Å². The molecule has 12 heteroatoms. The Bertz CT molecular complexity index is 804. The van der Waals surface area contributed by atoms with Crippen LogP contribution < -0.4 is 4.90 Å². The summed E-state index contributed by atoms with van der Waals surface area (Å²) in [6, 6.07) is 2.48. The fraction of sp³-hybridized carbons (Fsp3) is 0.688. The first-order valence-electron chi connectivity index (χ1n) is 8.74. The normalized spacial score (nSPS) is 21.9. The van der Waals surface area contributed by atoms with Gasteiger partial charge in [0.2, 0.25) is 10.0 Å². The molecule has 0 atom stereocenters. The number of anilines is 1.